The van der Waals surface area contributed by atoms with E-state index in [2.05, 4.69) is 63.1 Å². The molecule has 32 heavy (non-hydrogen) atoms. The normalized spacial score (nSPS) is 24.7. The fourth-order valence-corrected chi connectivity index (χ4v) is 2.85. The van der Waals surface area contributed by atoms with Crippen molar-refractivity contribution in [2.24, 2.45) is 0 Å². The van der Waals surface area contributed by atoms with Gasteiger partial charge in [-0.3, -0.25) is 24.0 Å². The second-order valence-corrected chi connectivity index (χ2v) is 7.45. The minimum Gasteiger partial charge on any atom is -0.462 e. The van der Waals surface area contributed by atoms with Crippen molar-refractivity contribution >= 4 is 93.0 Å². The lowest BCUT2D eigenvalue weighted by Gasteiger charge is -2.43. The molecule has 11 nitrogen and oxygen atoms in total. The summed E-state index contributed by atoms with van der Waals surface area (Å²) >= 11 is 19.1. The number of hydrogen-bond acceptors (Lipinski definition) is 16. The Hall–Kier alpha value is -0.940. The molecule has 0 bridgehead atoms. The molecule has 0 aliphatic carbocycles. The summed E-state index contributed by atoms with van der Waals surface area (Å²) in [7, 11) is 0. The number of rotatable bonds is 11. The average molecular weight is 551 g/mol. The summed E-state index contributed by atoms with van der Waals surface area (Å²) in [5.41, 5.74) is 0. The van der Waals surface area contributed by atoms with Gasteiger partial charge in [0.05, 0.1) is 28.8 Å². The van der Waals surface area contributed by atoms with Crippen LogP contribution in [0.1, 0.15) is 0 Å². The van der Waals surface area contributed by atoms with E-state index < -0.39 is 67.2 Å². The minimum absolute atomic E-state index is 0.258. The molecular weight excluding hydrogens is 529 g/mol. The highest BCUT2D eigenvalue weighted by atomic mass is 32.1. The molecule has 0 saturated carbocycles. The maximum atomic E-state index is 12.0. The predicted octanol–water partition coefficient (Wildman–Crippen LogP) is -0.818. The van der Waals surface area contributed by atoms with Gasteiger partial charge < -0.3 is 28.4 Å². The zero-order valence-corrected chi connectivity index (χ0v) is 20.8. The van der Waals surface area contributed by atoms with E-state index in [9.17, 15) is 24.0 Å². The fraction of sp³-hybridized carbons (Fsp3) is 0.688. The molecule has 1 fully saturated rings. The zero-order chi connectivity index (χ0) is 24.3. The molecule has 1 saturated heterocycles. The van der Waals surface area contributed by atoms with Gasteiger partial charge in [-0.2, -0.15) is 63.1 Å². The highest BCUT2D eigenvalue weighted by molar-refractivity contribution is 7.81. The molecule has 1 aliphatic heterocycles. The summed E-state index contributed by atoms with van der Waals surface area (Å²) in [5, 5.41) is 0. The Morgan fingerprint density at radius 2 is 0.969 bits per heavy atom. The van der Waals surface area contributed by atoms with Crippen LogP contribution in [-0.2, 0) is 52.4 Å². The molecule has 182 valence electrons. The zero-order valence-electron chi connectivity index (χ0n) is 16.4. The number of thiol groups is 5. The summed E-state index contributed by atoms with van der Waals surface area (Å²) in [5.74, 6) is -5.90. The van der Waals surface area contributed by atoms with E-state index in [1.807, 2.05) is 0 Å². The van der Waals surface area contributed by atoms with Crippen LogP contribution >= 0.6 is 63.1 Å². The number of esters is 5. The molecule has 5 unspecified atom stereocenters. The van der Waals surface area contributed by atoms with Gasteiger partial charge in [0.25, 0.3) is 0 Å². The molecule has 0 N–H and O–H groups in total. The summed E-state index contributed by atoms with van der Waals surface area (Å²) in [6, 6.07) is 0. The van der Waals surface area contributed by atoms with Gasteiger partial charge in [-0.15, -0.1) is 0 Å². The van der Waals surface area contributed by atoms with E-state index in [-0.39, 0.29) is 28.8 Å². The molecular formula is C16H22O11S5. The van der Waals surface area contributed by atoms with Gasteiger partial charge in [-0.1, -0.05) is 0 Å². The quantitative estimate of drug-likeness (QED) is 0.125. The SMILES string of the molecule is O=C(CS)OCC1OC(OC(=O)CS)C(OC(=O)CS)C(OC(=O)CS)C1OC(=O)CS. The van der Waals surface area contributed by atoms with Crippen LogP contribution in [0.2, 0.25) is 0 Å². The third-order valence-corrected chi connectivity index (χ3v) is 4.99. The van der Waals surface area contributed by atoms with Crippen molar-refractivity contribution in [3.63, 3.8) is 0 Å². The molecule has 0 radical (unpaired) electrons. The van der Waals surface area contributed by atoms with Crippen molar-refractivity contribution in [3.05, 3.63) is 0 Å². The standard InChI is InChI=1S/C16H22O11S5/c17-8(2-28)22-1-7-13(24-9(18)3-29)14(25-10(19)4-30)15(26-11(20)5-31)16(23-7)27-12(21)6-32/h7,13-16,28-32H,1-6H2. The first-order valence-corrected chi connectivity index (χ1v) is 12.0. The largest absolute Gasteiger partial charge is 0.462 e. The fourth-order valence-electron chi connectivity index (χ4n) is 2.46. The first-order valence-electron chi connectivity index (χ1n) is 8.83. The lowest BCUT2D eigenvalue weighted by Crippen LogP contribution is -2.63. The van der Waals surface area contributed by atoms with E-state index in [4.69, 9.17) is 28.4 Å². The highest BCUT2D eigenvalue weighted by Gasteiger charge is 2.54. The van der Waals surface area contributed by atoms with E-state index in [0.29, 0.717) is 0 Å². The molecule has 1 heterocycles. The number of ether oxygens (including phenoxy) is 6. The molecule has 1 rings (SSSR count). The van der Waals surface area contributed by atoms with Crippen molar-refractivity contribution < 1.29 is 52.4 Å². The minimum atomic E-state index is -1.62. The van der Waals surface area contributed by atoms with Crippen LogP contribution in [0.25, 0.3) is 0 Å². The third kappa shape index (κ3) is 9.13. The second kappa shape index (κ2) is 15.1. The topological polar surface area (TPSA) is 141 Å². The molecule has 1 aliphatic rings. The first-order chi connectivity index (χ1) is 15.2. The maximum absolute atomic E-state index is 12.0. The predicted molar refractivity (Wildman–Crippen MR) is 125 cm³/mol. The Kier molecular flexibility index (Phi) is 13.7. The molecule has 0 aromatic rings. The third-order valence-electron chi connectivity index (χ3n) is 3.70. The Balaban J connectivity index is 3.40. The van der Waals surface area contributed by atoms with E-state index in [1.54, 1.807) is 0 Å². The van der Waals surface area contributed by atoms with Crippen LogP contribution in [0.4, 0.5) is 0 Å². The molecule has 0 amide bonds. The van der Waals surface area contributed by atoms with Crippen LogP contribution in [-0.4, -0.2) is 95.9 Å². The Morgan fingerprint density at radius 1 is 0.562 bits per heavy atom. The number of carbonyl (C=O) groups is 5. The molecule has 16 heteroatoms. The monoisotopic (exact) mass is 550 g/mol. The smallest absolute Gasteiger partial charge is 0.318 e. The lowest BCUT2D eigenvalue weighted by molar-refractivity contribution is -0.299. The van der Waals surface area contributed by atoms with E-state index in [0.717, 1.165) is 0 Å². The molecule has 0 aromatic carbocycles. The lowest BCUT2D eigenvalue weighted by atomic mass is 9.98. The molecule has 5 atom stereocenters. The van der Waals surface area contributed by atoms with Gasteiger partial charge in [0, 0.05) is 0 Å². The summed E-state index contributed by atoms with van der Waals surface area (Å²) in [4.78, 5) is 59.3. The van der Waals surface area contributed by atoms with Gasteiger partial charge in [-0.05, 0) is 0 Å². The van der Waals surface area contributed by atoms with Gasteiger partial charge in [0.15, 0.2) is 12.2 Å². The van der Waals surface area contributed by atoms with Crippen LogP contribution in [0, 0.1) is 0 Å². The van der Waals surface area contributed by atoms with Gasteiger partial charge >= 0.3 is 29.8 Å². The van der Waals surface area contributed by atoms with Crippen molar-refractivity contribution in [1.29, 1.82) is 0 Å². The Bertz CT molecular complexity index is 691. The van der Waals surface area contributed by atoms with Gasteiger partial charge in [-0.25, -0.2) is 0 Å². The van der Waals surface area contributed by atoms with Crippen molar-refractivity contribution in [2.45, 2.75) is 30.7 Å². The van der Waals surface area contributed by atoms with E-state index >= 15 is 0 Å². The second-order valence-electron chi connectivity index (χ2n) is 5.87. The number of carbonyl (C=O) groups excluding carboxylic acids is 5. The van der Waals surface area contributed by atoms with Crippen molar-refractivity contribution in [1.82, 2.24) is 0 Å². The summed E-state index contributed by atoms with van der Waals surface area (Å²) in [6.45, 7) is -0.499. The van der Waals surface area contributed by atoms with Crippen LogP contribution < -0.4 is 0 Å². The number of hydrogen-bond donors (Lipinski definition) is 5. The Morgan fingerprint density at radius 3 is 1.44 bits per heavy atom. The summed E-state index contributed by atoms with van der Waals surface area (Å²) < 4.78 is 31.5. The van der Waals surface area contributed by atoms with Crippen molar-refractivity contribution in [3.8, 4) is 0 Å². The highest BCUT2D eigenvalue weighted by Crippen LogP contribution is 2.30. The average Bonchev–Trinajstić information content (AvgIpc) is 2.80. The first kappa shape index (κ1) is 29.1. The Labute approximate surface area is 210 Å². The summed E-state index contributed by atoms with van der Waals surface area (Å²) in [6.07, 6.45) is -7.42. The molecule has 0 spiro atoms. The maximum Gasteiger partial charge on any atom is 0.318 e. The van der Waals surface area contributed by atoms with Crippen LogP contribution in [0.5, 0.6) is 0 Å². The van der Waals surface area contributed by atoms with Crippen LogP contribution in [0.15, 0.2) is 0 Å². The van der Waals surface area contributed by atoms with Gasteiger partial charge in [0.1, 0.15) is 12.7 Å². The van der Waals surface area contributed by atoms with Gasteiger partial charge in [0.2, 0.25) is 12.4 Å². The van der Waals surface area contributed by atoms with Crippen LogP contribution in [0.3, 0.4) is 0 Å². The molecule has 0 aromatic heterocycles. The van der Waals surface area contributed by atoms with Crippen molar-refractivity contribution in [2.75, 3.05) is 35.4 Å². The van der Waals surface area contributed by atoms with E-state index in [1.165, 1.54) is 0 Å².